The molecule has 0 aliphatic carbocycles. The topological polar surface area (TPSA) is 314 Å². The molecule has 8 N–H and O–H groups in total. The van der Waals surface area contributed by atoms with E-state index in [-0.39, 0.29) is 53.0 Å². The van der Waals surface area contributed by atoms with E-state index in [9.17, 15) is 38.7 Å². The third-order valence-electron chi connectivity index (χ3n) is 21.1. The minimum absolute atomic E-state index is 0.00514. The lowest BCUT2D eigenvalue weighted by Gasteiger charge is -2.32. The molecule has 0 unspecified atom stereocenters. The van der Waals surface area contributed by atoms with Crippen molar-refractivity contribution < 1.29 is 57.5 Å². The number of aryl methyl sites for hydroxylation is 4. The number of aromatic carboxylic acids is 1. The summed E-state index contributed by atoms with van der Waals surface area (Å²) in [6, 6.07) is 40.9. The Morgan fingerprint density at radius 1 is 0.382 bits per heavy atom. The number of ether oxygens (including phenoxy) is 2. The third kappa shape index (κ3) is 47.2. The number of rotatable bonds is 8. The van der Waals surface area contributed by atoms with Crippen LogP contribution in [0.5, 0.6) is 0 Å². The first-order chi connectivity index (χ1) is 68.8. The predicted molar refractivity (Wildman–Crippen MR) is 619 cm³/mol. The molecule has 8 aromatic rings. The van der Waals surface area contributed by atoms with Gasteiger partial charge >= 0.3 is 25.3 Å². The van der Waals surface area contributed by atoms with Crippen molar-refractivity contribution in [2.24, 2.45) is 5.73 Å². The summed E-state index contributed by atoms with van der Waals surface area (Å²) in [5.41, 5.74) is 21.7. The zero-order valence-electron chi connectivity index (χ0n) is 97.7. The maximum absolute atomic E-state index is 12.3. The van der Waals surface area contributed by atoms with E-state index in [1.165, 1.54) is 23.7 Å². The number of carboxylic acids is 1. The number of hydrogen-bond donors (Lipinski definition) is 7. The third-order valence-corrected chi connectivity index (χ3v) is 22.8. The fraction of sp³-hybridized carbons (Fsp3) is 0.552. The summed E-state index contributed by atoms with van der Waals surface area (Å²) in [6.07, 6.45) is 3.48. The van der Waals surface area contributed by atoms with Crippen molar-refractivity contribution in [3.8, 4) is 0 Å². The molecule has 5 aromatic carbocycles. The Morgan fingerprint density at radius 2 is 0.660 bits per heavy atom. The number of aromatic nitrogens is 3. The van der Waals surface area contributed by atoms with Crippen LogP contribution in [-0.4, -0.2) is 169 Å². The minimum Gasteiger partial charge on any atom is -0.478 e. The number of benzene rings is 5. The summed E-state index contributed by atoms with van der Waals surface area (Å²) in [5, 5.41) is 23.3. The van der Waals surface area contributed by atoms with Crippen LogP contribution in [0.25, 0.3) is 0 Å². The summed E-state index contributed by atoms with van der Waals surface area (Å²) < 4.78 is 25.2. The molecule has 0 bridgehead atoms. The molecule has 9 heterocycles. The maximum Gasteiger partial charge on any atom is 0.496 e. The Labute approximate surface area is 891 Å². The Morgan fingerprint density at radius 3 is 0.958 bits per heavy atom. The van der Waals surface area contributed by atoms with E-state index in [1.54, 1.807) is 56.2 Å². The van der Waals surface area contributed by atoms with E-state index in [0.29, 0.717) is 50.3 Å². The van der Waals surface area contributed by atoms with Gasteiger partial charge in [0.25, 0.3) is 23.6 Å². The molecule has 1 fully saturated rings. The van der Waals surface area contributed by atoms with Crippen molar-refractivity contribution in [1.82, 2.24) is 51.3 Å². The molecule has 144 heavy (non-hydrogen) atoms. The molecular formula is C116H194BBr2N13O12. The van der Waals surface area contributed by atoms with E-state index in [4.69, 9.17) is 23.8 Å². The summed E-state index contributed by atoms with van der Waals surface area (Å²) in [6.45, 7) is 86.0. The molecule has 25 nitrogen and oxygen atoms in total. The first kappa shape index (κ1) is 145. The van der Waals surface area contributed by atoms with Crippen molar-refractivity contribution >= 4 is 97.9 Å². The summed E-state index contributed by atoms with van der Waals surface area (Å²) in [5.74, 6) is 0.701. The first-order valence-corrected chi connectivity index (χ1v) is 54.4. The lowest BCUT2D eigenvalue weighted by atomic mass is 9.78. The molecular weight excluding hydrogens is 1940 g/mol. The van der Waals surface area contributed by atoms with Crippen molar-refractivity contribution in [2.45, 2.75) is 364 Å². The average molecular weight is 2130 g/mol. The fourth-order valence-corrected chi connectivity index (χ4v) is 14.6. The number of pyridine rings is 3. The molecule has 3 aromatic heterocycles. The van der Waals surface area contributed by atoms with Gasteiger partial charge in [0.2, 0.25) is 0 Å². The van der Waals surface area contributed by atoms with Crippen LogP contribution in [-0.2, 0) is 83.6 Å². The van der Waals surface area contributed by atoms with Crippen LogP contribution >= 0.6 is 31.9 Å². The standard InChI is InChI=1S/C23H30BN3O3.C17H18BrN3O.C16H22N2O3.C15H19NO4.C11H14N2O.C7H8BrN.13C2H6.CH5N/c1-15-19(24-29-22(2,3)23(4,5)30-24)10-11-20(26-15)27-13-12-16-8-7-9-17(18(16)14-27)21(28)25-6;1-11-15(18)6-7-16(20-11)21-9-8-12-4-3-5-13(14(12)10-21)17(22)19-2;1-16(2,3)21-15(20)18-9-8-11-6-5-7-12(13(11)10-18)14(19)17-4;1-15(2,3)20-14(19)16-8-7-10-5-4-6-11(13(17)18)12(10)9-16;1-12-11(14)9-4-2-3-8-5-6-13-7-10(8)9;1-5-3-4-7(8)6(2)9-5;14*1-2/h7-11H,12-14H2,1-6H3,(H,25,28);3-7H,8-10H2,1-2H3,(H,19,22);5-7H,8-10H2,1-4H3,(H,17,19);4-6H,7-9H2,1-3H3,(H,17,18);2-4,13H,5-7H2,1H3,(H,12,14);3-4H,1-2H3;13*1-2H3;2H2,1H3. The van der Waals surface area contributed by atoms with E-state index in [0.717, 1.165) is 151 Å². The largest absolute Gasteiger partial charge is 0.496 e. The normalized spacial score (nSPS) is 12.9. The molecule has 0 spiro atoms. The van der Waals surface area contributed by atoms with Gasteiger partial charge in [0.15, 0.2) is 0 Å². The lowest BCUT2D eigenvalue weighted by Crippen LogP contribution is -2.41. The van der Waals surface area contributed by atoms with E-state index < -0.39 is 30.4 Å². The molecule has 1 saturated heterocycles. The van der Waals surface area contributed by atoms with Gasteiger partial charge in [0, 0.05) is 122 Å². The van der Waals surface area contributed by atoms with Gasteiger partial charge in [-0.3, -0.25) is 24.2 Å². The van der Waals surface area contributed by atoms with Gasteiger partial charge in [-0.15, -0.1) is 0 Å². The SMILES string of the molecule is CC.CC.CC.CC.CC.CC.CC.CC.CC.CC.CC.CC.CC.CC(C)(C)OC(=O)N1CCc2cccc(C(=O)O)c2C1.CN.CNC(=O)c1cccc2c1CN(C(=O)OC(C)(C)C)CC2.CNC(=O)c1cccc2c1CN(c1ccc(B3OC(C)(C)C(C)(C)O3)c(C)n1)CC2.CNC(=O)c1cccc2c1CN(c1ccc(Br)c(C)n1)CC2.CNC(=O)c1cccc2c1CNCC2.Cc1ccc(Br)c(C)n1. The van der Waals surface area contributed by atoms with Gasteiger partial charge in [-0.2, -0.15) is 0 Å². The number of anilines is 2. The van der Waals surface area contributed by atoms with Crippen LogP contribution in [0, 0.1) is 27.7 Å². The number of nitrogens with two attached hydrogens (primary N) is 1. The van der Waals surface area contributed by atoms with Crippen LogP contribution < -0.4 is 47.6 Å². The Bertz CT molecular complexity index is 4930. The Kier molecular flexibility index (Phi) is 80.4. The zero-order chi connectivity index (χ0) is 113. The minimum atomic E-state index is -0.965. The number of carboxylic acid groups (broad SMARTS) is 1. The number of nitrogens with one attached hydrogen (secondary N) is 5. The highest BCUT2D eigenvalue weighted by Crippen LogP contribution is 2.38. The van der Waals surface area contributed by atoms with Gasteiger partial charge in [0.05, 0.1) is 41.2 Å². The quantitative estimate of drug-likeness (QED) is 0.0695. The molecule has 0 atom stereocenters. The lowest BCUT2D eigenvalue weighted by molar-refractivity contribution is 0.00578. The average Bonchev–Trinajstić information content (AvgIpc) is 1.61. The number of carbonyl (C=O) groups is 7. The van der Waals surface area contributed by atoms with E-state index in [2.05, 4.69) is 136 Å². The smallest absolute Gasteiger partial charge is 0.478 e. The van der Waals surface area contributed by atoms with Crippen molar-refractivity contribution in [3.63, 3.8) is 0 Å². The van der Waals surface area contributed by atoms with Gasteiger partial charge in [-0.05, 0) is 291 Å². The van der Waals surface area contributed by atoms with Crippen LogP contribution in [0.3, 0.4) is 0 Å². The first-order valence-electron chi connectivity index (χ1n) is 52.8. The summed E-state index contributed by atoms with van der Waals surface area (Å²) in [4.78, 5) is 105. The second-order valence-corrected chi connectivity index (χ2v) is 33.8. The second kappa shape index (κ2) is 80.1. The van der Waals surface area contributed by atoms with Crippen LogP contribution in [0.4, 0.5) is 21.2 Å². The van der Waals surface area contributed by atoms with Gasteiger partial charge in [-0.1, -0.05) is 247 Å². The van der Waals surface area contributed by atoms with E-state index in [1.807, 2.05) is 334 Å². The maximum atomic E-state index is 12.3. The monoisotopic (exact) mass is 2130 g/mol. The number of fused-ring (bicyclic) bond motifs is 5. The highest BCUT2D eigenvalue weighted by Gasteiger charge is 2.52. The van der Waals surface area contributed by atoms with Gasteiger partial charge in [-0.25, -0.2) is 24.4 Å². The molecule has 812 valence electrons. The van der Waals surface area contributed by atoms with Crippen molar-refractivity contribution in [2.75, 3.05) is 77.8 Å². The predicted octanol–water partition coefficient (Wildman–Crippen LogP) is 26.8. The second-order valence-electron chi connectivity index (χ2n) is 32.1. The Balaban J connectivity index is -0.000000385. The van der Waals surface area contributed by atoms with Gasteiger partial charge < -0.3 is 75.8 Å². The molecule has 6 aliphatic heterocycles. The fourth-order valence-electron chi connectivity index (χ4n) is 14.1. The van der Waals surface area contributed by atoms with Crippen molar-refractivity contribution in [3.05, 3.63) is 243 Å². The number of hydrogen-bond acceptors (Lipinski definition) is 18. The summed E-state index contributed by atoms with van der Waals surface area (Å²) >= 11 is 6.85. The molecule has 6 amide bonds. The highest BCUT2D eigenvalue weighted by molar-refractivity contribution is 9.10. The molecule has 14 rings (SSSR count). The highest BCUT2D eigenvalue weighted by atomic mass is 79.9. The molecule has 0 saturated carbocycles. The van der Waals surface area contributed by atoms with E-state index >= 15 is 0 Å². The molecule has 0 radical (unpaired) electrons. The number of nitrogens with zero attached hydrogens (tertiary/aromatic N) is 7. The van der Waals surface area contributed by atoms with Crippen LogP contribution in [0.2, 0.25) is 0 Å². The van der Waals surface area contributed by atoms with Gasteiger partial charge in [0.1, 0.15) is 22.8 Å². The number of carbonyl (C=O) groups excluding carboxylic acids is 6. The number of halogens is 2. The summed E-state index contributed by atoms with van der Waals surface area (Å²) in [7, 11) is 7.69. The molecule has 6 aliphatic rings. The zero-order valence-corrected chi connectivity index (χ0v) is 101. The van der Waals surface area contributed by atoms with Crippen LogP contribution in [0.15, 0.2) is 136 Å². The van der Waals surface area contributed by atoms with Crippen LogP contribution in [0.1, 0.15) is 379 Å². The van der Waals surface area contributed by atoms with Crippen molar-refractivity contribution in [1.29, 1.82) is 0 Å². The molecule has 28 heteroatoms. The Hall–Kier alpha value is -10.1. The number of amides is 6.